The second-order valence-corrected chi connectivity index (χ2v) is 8.97. The van der Waals surface area contributed by atoms with E-state index in [2.05, 4.69) is 10.4 Å². The second-order valence-electron chi connectivity index (χ2n) is 8.54. The number of hydrazone groups is 1. The first-order valence-corrected chi connectivity index (χ1v) is 11.3. The average molecular weight is 471 g/mol. The van der Waals surface area contributed by atoms with Gasteiger partial charge < -0.3 is 5.32 Å². The Morgan fingerprint density at radius 1 is 0.853 bits per heavy atom. The summed E-state index contributed by atoms with van der Waals surface area (Å²) >= 11 is 6.01. The van der Waals surface area contributed by atoms with Gasteiger partial charge in [0.2, 0.25) is 17.7 Å². The molecule has 1 unspecified atom stereocenters. The Morgan fingerprint density at radius 2 is 1.53 bits per heavy atom. The van der Waals surface area contributed by atoms with Crippen molar-refractivity contribution in [3.05, 3.63) is 95.0 Å². The largest absolute Gasteiger partial charge is 0.324 e. The van der Waals surface area contributed by atoms with Crippen molar-refractivity contribution in [1.82, 2.24) is 5.01 Å². The molecule has 0 radical (unpaired) electrons. The SMILES string of the molecule is O=C(Nc1ccccc1)[C@H]1[C@H]2C(=O)N(c3ccc(Cl)cc3)C(=O)[C@H]2C2c3ccccc3C=NN21. The lowest BCUT2D eigenvalue weighted by Gasteiger charge is -2.33. The van der Waals surface area contributed by atoms with Gasteiger partial charge in [-0.2, -0.15) is 5.10 Å². The first-order valence-electron chi connectivity index (χ1n) is 10.9. The van der Waals surface area contributed by atoms with Gasteiger partial charge in [-0.3, -0.25) is 19.4 Å². The standard InChI is InChI=1S/C26H19ClN4O3/c27-16-10-12-18(13-11-16)30-25(33)20-21(26(30)34)23(24(32)29-17-7-2-1-3-8-17)31-22(20)19-9-5-4-6-15(19)14-28-31/h1-14,20-23H,(H,29,32)/t20-,21+,22?,23-/m1/s1. The molecule has 3 heterocycles. The Balaban J connectivity index is 1.45. The Bertz CT molecular complexity index is 1340. The van der Waals surface area contributed by atoms with E-state index < -0.39 is 29.8 Å². The monoisotopic (exact) mass is 470 g/mol. The topological polar surface area (TPSA) is 82.1 Å². The summed E-state index contributed by atoms with van der Waals surface area (Å²) in [6.45, 7) is 0. The summed E-state index contributed by atoms with van der Waals surface area (Å²) < 4.78 is 0. The number of rotatable bonds is 3. The summed E-state index contributed by atoms with van der Waals surface area (Å²) in [4.78, 5) is 42.2. The maximum atomic E-state index is 13.7. The van der Waals surface area contributed by atoms with Gasteiger partial charge in [0.1, 0.15) is 6.04 Å². The average Bonchev–Trinajstić information content (AvgIpc) is 3.33. The van der Waals surface area contributed by atoms with Gasteiger partial charge in [0.05, 0.1) is 29.8 Å². The van der Waals surface area contributed by atoms with Crippen LogP contribution in [0.3, 0.4) is 0 Å². The number of amides is 3. The minimum atomic E-state index is -0.937. The molecule has 168 valence electrons. The van der Waals surface area contributed by atoms with Crippen LogP contribution in [0.4, 0.5) is 11.4 Å². The number of carbonyl (C=O) groups is 3. The quantitative estimate of drug-likeness (QED) is 0.589. The van der Waals surface area contributed by atoms with E-state index >= 15 is 0 Å². The molecule has 1 N–H and O–H groups in total. The van der Waals surface area contributed by atoms with Crippen LogP contribution >= 0.6 is 11.6 Å². The van der Waals surface area contributed by atoms with Gasteiger partial charge in [-0.1, -0.05) is 54.1 Å². The zero-order valence-corrected chi connectivity index (χ0v) is 18.6. The summed E-state index contributed by atoms with van der Waals surface area (Å²) in [5.41, 5.74) is 2.80. The molecule has 4 atom stereocenters. The van der Waals surface area contributed by atoms with E-state index in [4.69, 9.17) is 11.6 Å². The van der Waals surface area contributed by atoms with E-state index in [1.165, 1.54) is 4.90 Å². The molecule has 0 aromatic heterocycles. The molecule has 3 amide bonds. The molecule has 0 saturated carbocycles. The summed E-state index contributed by atoms with van der Waals surface area (Å²) in [6.07, 6.45) is 1.68. The predicted molar refractivity (Wildman–Crippen MR) is 128 cm³/mol. The number of benzene rings is 3. The molecule has 3 aromatic carbocycles. The third-order valence-corrected chi connectivity index (χ3v) is 6.94. The number of para-hydroxylation sites is 1. The molecule has 8 heteroatoms. The molecule has 0 bridgehead atoms. The van der Waals surface area contributed by atoms with Gasteiger partial charge in [0.15, 0.2) is 0 Å². The van der Waals surface area contributed by atoms with E-state index in [1.807, 2.05) is 42.5 Å². The van der Waals surface area contributed by atoms with Crippen LogP contribution in [0.2, 0.25) is 5.02 Å². The minimum absolute atomic E-state index is 0.339. The Hall–Kier alpha value is -3.97. The van der Waals surface area contributed by atoms with Crippen LogP contribution in [0.1, 0.15) is 17.2 Å². The second kappa shape index (κ2) is 7.81. The fraction of sp³-hybridized carbons (Fsp3) is 0.154. The van der Waals surface area contributed by atoms with Crippen molar-refractivity contribution in [3.8, 4) is 0 Å². The van der Waals surface area contributed by atoms with Crippen molar-refractivity contribution in [2.24, 2.45) is 16.9 Å². The van der Waals surface area contributed by atoms with Crippen LogP contribution in [0.5, 0.6) is 0 Å². The smallest absolute Gasteiger partial charge is 0.249 e. The zero-order chi connectivity index (χ0) is 23.4. The predicted octanol–water partition coefficient (Wildman–Crippen LogP) is 3.86. The van der Waals surface area contributed by atoms with Crippen LogP contribution in [-0.2, 0) is 14.4 Å². The van der Waals surface area contributed by atoms with Gasteiger partial charge in [-0.25, -0.2) is 4.90 Å². The molecular weight excluding hydrogens is 452 g/mol. The van der Waals surface area contributed by atoms with Gasteiger partial charge in [0, 0.05) is 10.7 Å². The Morgan fingerprint density at radius 3 is 2.29 bits per heavy atom. The number of nitrogens with one attached hydrogen (secondary N) is 1. The van der Waals surface area contributed by atoms with Crippen LogP contribution in [0, 0.1) is 11.8 Å². The molecule has 2 fully saturated rings. The number of hydrogen-bond donors (Lipinski definition) is 1. The first-order chi connectivity index (χ1) is 16.5. The molecular formula is C26H19ClN4O3. The van der Waals surface area contributed by atoms with Crippen LogP contribution in [-0.4, -0.2) is 35.0 Å². The van der Waals surface area contributed by atoms with E-state index in [9.17, 15) is 14.4 Å². The summed E-state index contributed by atoms with van der Waals surface area (Å²) in [5.74, 6) is -2.74. The van der Waals surface area contributed by atoms with E-state index in [0.29, 0.717) is 16.4 Å². The maximum Gasteiger partial charge on any atom is 0.249 e. The van der Waals surface area contributed by atoms with Gasteiger partial charge in [0.25, 0.3) is 0 Å². The Kier molecular flexibility index (Phi) is 4.74. The van der Waals surface area contributed by atoms with Crippen LogP contribution < -0.4 is 10.2 Å². The zero-order valence-electron chi connectivity index (χ0n) is 17.8. The molecule has 7 nitrogen and oxygen atoms in total. The molecule has 2 saturated heterocycles. The van der Waals surface area contributed by atoms with E-state index in [0.717, 1.165) is 11.1 Å². The number of fused-ring (bicyclic) bond motifs is 5. The van der Waals surface area contributed by atoms with Crippen molar-refractivity contribution in [3.63, 3.8) is 0 Å². The maximum absolute atomic E-state index is 13.7. The minimum Gasteiger partial charge on any atom is -0.324 e. The molecule has 3 aliphatic heterocycles. The molecule has 3 aromatic rings. The number of nitrogens with zero attached hydrogens (tertiary/aromatic N) is 3. The van der Waals surface area contributed by atoms with Gasteiger partial charge in [-0.05, 0) is 47.5 Å². The highest BCUT2D eigenvalue weighted by Gasteiger charge is 2.65. The Labute approximate surface area is 200 Å². The van der Waals surface area contributed by atoms with Crippen LogP contribution in [0.15, 0.2) is 84.0 Å². The molecule has 0 spiro atoms. The lowest BCUT2D eigenvalue weighted by molar-refractivity contribution is -0.129. The van der Waals surface area contributed by atoms with Crippen LogP contribution in [0.25, 0.3) is 0 Å². The van der Waals surface area contributed by atoms with Gasteiger partial charge in [-0.15, -0.1) is 0 Å². The van der Waals surface area contributed by atoms with Crippen molar-refractivity contribution in [1.29, 1.82) is 0 Å². The number of anilines is 2. The van der Waals surface area contributed by atoms with Crippen molar-refractivity contribution < 1.29 is 14.4 Å². The molecule has 3 aliphatic rings. The van der Waals surface area contributed by atoms with E-state index in [1.54, 1.807) is 47.6 Å². The van der Waals surface area contributed by atoms with E-state index in [-0.39, 0.29) is 11.8 Å². The van der Waals surface area contributed by atoms with Gasteiger partial charge >= 0.3 is 0 Å². The summed E-state index contributed by atoms with van der Waals surface area (Å²) in [5, 5.41) is 9.58. The van der Waals surface area contributed by atoms with Crippen molar-refractivity contribution >= 4 is 46.9 Å². The lowest BCUT2D eigenvalue weighted by Crippen LogP contribution is -2.46. The number of carbonyl (C=O) groups excluding carboxylic acids is 3. The molecule has 6 rings (SSSR count). The van der Waals surface area contributed by atoms with Crippen molar-refractivity contribution in [2.75, 3.05) is 10.2 Å². The number of halogens is 1. The molecule has 0 aliphatic carbocycles. The first kappa shape index (κ1) is 20.6. The third kappa shape index (κ3) is 3.04. The number of imide groups is 1. The summed E-state index contributed by atoms with van der Waals surface area (Å²) in [6, 6.07) is 21.8. The summed E-state index contributed by atoms with van der Waals surface area (Å²) in [7, 11) is 0. The van der Waals surface area contributed by atoms with Crippen molar-refractivity contribution in [2.45, 2.75) is 12.1 Å². The highest BCUT2D eigenvalue weighted by Crippen LogP contribution is 2.52. The third-order valence-electron chi connectivity index (χ3n) is 6.69. The highest BCUT2D eigenvalue weighted by molar-refractivity contribution is 6.31. The lowest BCUT2D eigenvalue weighted by atomic mass is 9.85. The fourth-order valence-electron chi connectivity index (χ4n) is 5.25. The molecule has 34 heavy (non-hydrogen) atoms. The fourth-order valence-corrected chi connectivity index (χ4v) is 5.38. The number of hydrogen-bond acceptors (Lipinski definition) is 5. The normalized spacial score (nSPS) is 24.6. The highest BCUT2D eigenvalue weighted by atomic mass is 35.5.